The second-order valence-corrected chi connectivity index (χ2v) is 5.23. The predicted molar refractivity (Wildman–Crippen MR) is 85.7 cm³/mol. The average molecular weight is 262 g/mol. The van der Waals surface area contributed by atoms with E-state index in [-0.39, 0.29) is 0 Å². The van der Waals surface area contributed by atoms with Crippen LogP contribution in [0.5, 0.6) is 0 Å². The molecule has 1 aromatic heterocycles. The summed E-state index contributed by atoms with van der Waals surface area (Å²) in [5, 5.41) is 4.63. The van der Waals surface area contributed by atoms with Gasteiger partial charge in [-0.05, 0) is 49.6 Å². The van der Waals surface area contributed by atoms with E-state index in [1.54, 1.807) is 0 Å². The van der Waals surface area contributed by atoms with Crippen molar-refractivity contribution in [3.63, 3.8) is 0 Å². The summed E-state index contributed by atoms with van der Waals surface area (Å²) in [5.41, 5.74) is 5.87. The molecule has 0 unspecified atom stereocenters. The third-order valence-electron chi connectivity index (χ3n) is 3.66. The van der Waals surface area contributed by atoms with E-state index >= 15 is 0 Å². The number of hydrogen-bond acceptors (Lipinski definition) is 2. The first-order chi connectivity index (χ1) is 9.65. The zero-order valence-corrected chi connectivity index (χ0v) is 12.1. The van der Waals surface area contributed by atoms with Gasteiger partial charge in [-0.1, -0.05) is 36.4 Å². The molecular weight excluding hydrogens is 244 g/mol. The highest BCUT2D eigenvalue weighted by molar-refractivity contribution is 5.83. The number of fused-ring (bicyclic) bond motifs is 1. The number of aromatic nitrogens is 1. The summed E-state index contributed by atoms with van der Waals surface area (Å²) in [4.78, 5) is 4.74. The third kappa shape index (κ3) is 2.25. The first kappa shape index (κ1) is 12.7. The van der Waals surface area contributed by atoms with E-state index in [4.69, 9.17) is 4.98 Å². The van der Waals surface area contributed by atoms with Crippen LogP contribution in [0.1, 0.15) is 16.7 Å². The normalized spacial score (nSPS) is 10.8. The largest absolute Gasteiger partial charge is 0.340 e. The van der Waals surface area contributed by atoms with Crippen molar-refractivity contribution in [1.82, 2.24) is 4.98 Å². The Labute approximate surface area is 119 Å². The number of nitrogens with zero attached hydrogens (tertiary/aromatic N) is 1. The number of rotatable bonds is 2. The lowest BCUT2D eigenvalue weighted by atomic mass is 10.1. The molecule has 0 radical (unpaired) electrons. The molecule has 2 aromatic carbocycles. The van der Waals surface area contributed by atoms with Crippen LogP contribution in [-0.2, 0) is 0 Å². The Bertz CT molecular complexity index is 755. The molecule has 0 bridgehead atoms. The molecule has 0 atom stereocenters. The van der Waals surface area contributed by atoms with Gasteiger partial charge in [-0.3, -0.25) is 0 Å². The van der Waals surface area contributed by atoms with Crippen molar-refractivity contribution in [3.05, 3.63) is 65.2 Å². The van der Waals surface area contributed by atoms with Crippen molar-refractivity contribution >= 4 is 22.4 Å². The lowest BCUT2D eigenvalue weighted by Crippen LogP contribution is -1.98. The van der Waals surface area contributed by atoms with Gasteiger partial charge in [0.25, 0.3) is 0 Å². The minimum Gasteiger partial charge on any atom is -0.340 e. The zero-order valence-electron chi connectivity index (χ0n) is 12.1. The fourth-order valence-corrected chi connectivity index (χ4v) is 2.50. The van der Waals surface area contributed by atoms with E-state index in [0.717, 1.165) is 17.0 Å². The molecule has 100 valence electrons. The fourth-order valence-electron chi connectivity index (χ4n) is 2.50. The zero-order chi connectivity index (χ0) is 14.1. The van der Waals surface area contributed by atoms with Crippen molar-refractivity contribution in [2.75, 3.05) is 5.32 Å². The Hall–Kier alpha value is -2.35. The Balaban J connectivity index is 2.05. The number of pyridine rings is 1. The highest BCUT2D eigenvalue weighted by Gasteiger charge is 2.05. The van der Waals surface area contributed by atoms with Crippen molar-refractivity contribution < 1.29 is 0 Å². The summed E-state index contributed by atoms with van der Waals surface area (Å²) < 4.78 is 0. The van der Waals surface area contributed by atoms with Crippen LogP contribution >= 0.6 is 0 Å². The van der Waals surface area contributed by atoms with Crippen molar-refractivity contribution in [3.8, 4) is 0 Å². The lowest BCUT2D eigenvalue weighted by molar-refractivity contribution is 1.30. The Morgan fingerprint density at radius 1 is 0.750 bits per heavy atom. The van der Waals surface area contributed by atoms with Gasteiger partial charge in [0.15, 0.2) is 0 Å². The van der Waals surface area contributed by atoms with Crippen molar-refractivity contribution in [2.45, 2.75) is 20.8 Å². The van der Waals surface area contributed by atoms with E-state index in [9.17, 15) is 0 Å². The maximum atomic E-state index is 4.74. The molecule has 0 fully saturated rings. The second-order valence-electron chi connectivity index (χ2n) is 5.23. The number of benzene rings is 2. The SMILES string of the molecule is Cc1cccc(C)c1Nc1ccc2cccc(C)c2n1. The molecule has 2 heteroatoms. The van der Waals surface area contributed by atoms with Crippen LogP contribution in [0.2, 0.25) is 0 Å². The van der Waals surface area contributed by atoms with Crippen LogP contribution in [0.3, 0.4) is 0 Å². The molecule has 3 rings (SSSR count). The molecule has 0 saturated carbocycles. The molecule has 1 N–H and O–H groups in total. The number of nitrogens with one attached hydrogen (secondary N) is 1. The van der Waals surface area contributed by atoms with Gasteiger partial charge < -0.3 is 5.32 Å². The van der Waals surface area contributed by atoms with Crippen LogP contribution in [0, 0.1) is 20.8 Å². The molecule has 0 aliphatic rings. The average Bonchev–Trinajstić information content (AvgIpc) is 2.44. The number of hydrogen-bond donors (Lipinski definition) is 1. The molecule has 2 nitrogen and oxygen atoms in total. The third-order valence-corrected chi connectivity index (χ3v) is 3.66. The van der Waals surface area contributed by atoms with Gasteiger partial charge in [0.1, 0.15) is 5.82 Å². The molecule has 0 amide bonds. The van der Waals surface area contributed by atoms with E-state index in [1.165, 1.54) is 22.1 Å². The Kier molecular flexibility index (Phi) is 3.15. The van der Waals surface area contributed by atoms with Crippen LogP contribution in [0.25, 0.3) is 10.9 Å². The smallest absolute Gasteiger partial charge is 0.131 e. The topological polar surface area (TPSA) is 24.9 Å². The molecular formula is C18H18N2. The number of aryl methyl sites for hydroxylation is 3. The maximum Gasteiger partial charge on any atom is 0.131 e. The summed E-state index contributed by atoms with van der Waals surface area (Å²) in [6, 6.07) is 16.7. The molecule has 0 aliphatic carbocycles. The fraction of sp³-hybridized carbons (Fsp3) is 0.167. The monoisotopic (exact) mass is 262 g/mol. The van der Waals surface area contributed by atoms with Gasteiger partial charge in [-0.25, -0.2) is 4.98 Å². The van der Waals surface area contributed by atoms with E-state index < -0.39 is 0 Å². The highest BCUT2D eigenvalue weighted by Crippen LogP contribution is 2.25. The summed E-state index contributed by atoms with van der Waals surface area (Å²) in [7, 11) is 0. The van der Waals surface area contributed by atoms with Crippen LogP contribution in [0.15, 0.2) is 48.5 Å². The van der Waals surface area contributed by atoms with Crippen LogP contribution < -0.4 is 5.32 Å². The van der Waals surface area contributed by atoms with E-state index in [1.807, 2.05) is 6.07 Å². The van der Waals surface area contributed by atoms with Gasteiger partial charge in [-0.2, -0.15) is 0 Å². The van der Waals surface area contributed by atoms with Gasteiger partial charge in [0.05, 0.1) is 5.52 Å². The van der Waals surface area contributed by atoms with Gasteiger partial charge >= 0.3 is 0 Å². The van der Waals surface area contributed by atoms with E-state index in [2.05, 4.69) is 68.6 Å². The van der Waals surface area contributed by atoms with Gasteiger partial charge in [-0.15, -0.1) is 0 Å². The first-order valence-electron chi connectivity index (χ1n) is 6.85. The van der Waals surface area contributed by atoms with Crippen LogP contribution in [0.4, 0.5) is 11.5 Å². The first-order valence-corrected chi connectivity index (χ1v) is 6.85. The summed E-state index contributed by atoms with van der Waals surface area (Å²) >= 11 is 0. The molecule has 20 heavy (non-hydrogen) atoms. The van der Waals surface area contributed by atoms with Crippen molar-refractivity contribution in [1.29, 1.82) is 0 Å². The minimum absolute atomic E-state index is 0.893. The second kappa shape index (κ2) is 4.97. The maximum absolute atomic E-state index is 4.74. The highest BCUT2D eigenvalue weighted by atomic mass is 15.0. The van der Waals surface area contributed by atoms with E-state index in [0.29, 0.717) is 0 Å². The predicted octanol–water partition coefficient (Wildman–Crippen LogP) is 4.90. The lowest BCUT2D eigenvalue weighted by Gasteiger charge is -2.12. The summed E-state index contributed by atoms with van der Waals surface area (Å²) in [5.74, 6) is 0.893. The molecule has 0 saturated heterocycles. The Morgan fingerprint density at radius 3 is 2.15 bits per heavy atom. The van der Waals surface area contributed by atoms with Gasteiger partial charge in [0, 0.05) is 11.1 Å². The minimum atomic E-state index is 0.893. The Morgan fingerprint density at radius 2 is 1.40 bits per heavy atom. The van der Waals surface area contributed by atoms with Gasteiger partial charge in [0.2, 0.25) is 0 Å². The molecule has 0 aliphatic heterocycles. The number of para-hydroxylation sites is 2. The molecule has 0 spiro atoms. The summed E-state index contributed by atoms with van der Waals surface area (Å²) in [6.07, 6.45) is 0. The quantitative estimate of drug-likeness (QED) is 0.710. The standard InChI is InChI=1S/C18H18N2/c1-12-6-4-7-13(2)17(12)19-16-11-10-15-9-5-8-14(3)18(15)20-16/h4-11H,1-3H3,(H,19,20). The molecule has 1 heterocycles. The molecule has 3 aromatic rings. The summed E-state index contributed by atoms with van der Waals surface area (Å²) in [6.45, 7) is 6.32. The van der Waals surface area contributed by atoms with Crippen LogP contribution in [-0.4, -0.2) is 4.98 Å². The van der Waals surface area contributed by atoms with Crippen molar-refractivity contribution in [2.24, 2.45) is 0 Å². The number of anilines is 2.